The molecule has 3 nitrogen and oxygen atoms in total. The van der Waals surface area contributed by atoms with E-state index in [1.165, 1.54) is 50.6 Å². The van der Waals surface area contributed by atoms with Crippen LogP contribution < -0.4 is 5.73 Å². The van der Waals surface area contributed by atoms with Crippen LogP contribution in [0.15, 0.2) is 24.5 Å². The fourth-order valence-corrected chi connectivity index (χ4v) is 3.67. The van der Waals surface area contributed by atoms with Crippen LogP contribution in [0.25, 0.3) is 0 Å². The molecule has 18 heavy (non-hydrogen) atoms. The maximum Gasteiger partial charge on any atom is 0.0352 e. The summed E-state index contributed by atoms with van der Waals surface area (Å²) in [5.41, 5.74) is 7.57. The third kappa shape index (κ3) is 2.43. The second-order valence-electron chi connectivity index (χ2n) is 5.76. The largest absolute Gasteiger partial charge is 0.328 e. The van der Waals surface area contributed by atoms with Gasteiger partial charge in [0.25, 0.3) is 0 Å². The van der Waals surface area contributed by atoms with Gasteiger partial charge in [-0.05, 0) is 56.3 Å². The van der Waals surface area contributed by atoms with Crippen LogP contribution in [0.5, 0.6) is 0 Å². The lowest BCUT2D eigenvalue weighted by Gasteiger charge is -2.37. The summed E-state index contributed by atoms with van der Waals surface area (Å²) in [5, 5.41) is 0. The topological polar surface area (TPSA) is 42.1 Å². The Morgan fingerprint density at radius 3 is 2.72 bits per heavy atom. The molecule has 3 rings (SSSR count). The fraction of sp³-hybridized carbons (Fsp3) is 0.667. The van der Waals surface area contributed by atoms with Crippen LogP contribution in [0.2, 0.25) is 0 Å². The Bertz CT molecular complexity index is 379. The summed E-state index contributed by atoms with van der Waals surface area (Å²) in [5.74, 6) is 0. The molecule has 0 aromatic carbocycles. The molecule has 3 unspecified atom stereocenters. The molecule has 1 aromatic rings. The zero-order valence-electron chi connectivity index (χ0n) is 11.0. The lowest BCUT2D eigenvalue weighted by atomic mass is 9.89. The Labute approximate surface area is 109 Å². The van der Waals surface area contributed by atoms with Crippen LogP contribution in [-0.4, -0.2) is 28.5 Å². The van der Waals surface area contributed by atoms with Crippen LogP contribution in [0.1, 0.15) is 50.1 Å². The number of hydrogen-bond acceptors (Lipinski definition) is 3. The van der Waals surface area contributed by atoms with Crippen molar-refractivity contribution in [2.45, 2.75) is 56.7 Å². The smallest absolute Gasteiger partial charge is 0.0352 e. The molecule has 0 amide bonds. The van der Waals surface area contributed by atoms with Gasteiger partial charge in [-0.1, -0.05) is 6.42 Å². The minimum Gasteiger partial charge on any atom is -0.328 e. The minimum absolute atomic E-state index is 0.419. The maximum absolute atomic E-state index is 6.14. The molecule has 1 aliphatic carbocycles. The van der Waals surface area contributed by atoms with Crippen LogP contribution >= 0.6 is 0 Å². The highest BCUT2D eigenvalue weighted by molar-refractivity contribution is 5.17. The van der Waals surface area contributed by atoms with Crippen molar-refractivity contribution in [2.24, 2.45) is 5.73 Å². The Morgan fingerprint density at radius 1 is 1.11 bits per heavy atom. The molecule has 2 heterocycles. The molecule has 0 radical (unpaired) electrons. The van der Waals surface area contributed by atoms with Gasteiger partial charge in [-0.15, -0.1) is 0 Å². The average Bonchev–Trinajstić information content (AvgIpc) is 2.89. The van der Waals surface area contributed by atoms with Gasteiger partial charge < -0.3 is 5.73 Å². The predicted octanol–water partition coefficient (Wildman–Crippen LogP) is 2.49. The summed E-state index contributed by atoms with van der Waals surface area (Å²) in [6, 6.07) is 6.07. The van der Waals surface area contributed by atoms with E-state index in [-0.39, 0.29) is 0 Å². The van der Waals surface area contributed by atoms with Crippen molar-refractivity contribution >= 4 is 0 Å². The predicted molar refractivity (Wildman–Crippen MR) is 73.1 cm³/mol. The van der Waals surface area contributed by atoms with Crippen LogP contribution in [0.3, 0.4) is 0 Å². The second-order valence-corrected chi connectivity index (χ2v) is 5.76. The highest BCUT2D eigenvalue weighted by atomic mass is 15.2. The third-order valence-electron chi connectivity index (χ3n) is 4.54. The van der Waals surface area contributed by atoms with E-state index < -0.39 is 0 Å². The lowest BCUT2D eigenvalue weighted by molar-refractivity contribution is 0.134. The van der Waals surface area contributed by atoms with Gasteiger partial charge in [-0.2, -0.15) is 0 Å². The van der Waals surface area contributed by atoms with Gasteiger partial charge in [-0.25, -0.2) is 0 Å². The number of aromatic nitrogens is 1. The molecule has 0 spiro atoms. The monoisotopic (exact) mass is 245 g/mol. The van der Waals surface area contributed by atoms with Crippen LogP contribution in [-0.2, 0) is 0 Å². The molecule has 2 N–H and O–H groups in total. The number of nitrogens with zero attached hydrogens (tertiary/aromatic N) is 2. The van der Waals surface area contributed by atoms with E-state index in [1.807, 2.05) is 12.4 Å². The van der Waals surface area contributed by atoms with Gasteiger partial charge in [0.1, 0.15) is 0 Å². The molecule has 3 heteroatoms. The minimum atomic E-state index is 0.419. The van der Waals surface area contributed by atoms with Gasteiger partial charge >= 0.3 is 0 Å². The Hall–Kier alpha value is -0.930. The summed E-state index contributed by atoms with van der Waals surface area (Å²) in [4.78, 5) is 6.83. The summed E-state index contributed by atoms with van der Waals surface area (Å²) >= 11 is 0. The molecule has 1 saturated heterocycles. The molecule has 98 valence electrons. The molecule has 1 saturated carbocycles. The number of hydrogen-bond donors (Lipinski definition) is 1. The number of pyridine rings is 1. The van der Waals surface area contributed by atoms with Crippen molar-refractivity contribution in [1.29, 1.82) is 0 Å². The first kappa shape index (κ1) is 12.1. The summed E-state index contributed by atoms with van der Waals surface area (Å²) in [7, 11) is 0. The van der Waals surface area contributed by atoms with E-state index in [0.29, 0.717) is 18.1 Å². The van der Waals surface area contributed by atoms with E-state index in [4.69, 9.17) is 5.73 Å². The van der Waals surface area contributed by atoms with Crippen molar-refractivity contribution in [3.8, 4) is 0 Å². The number of nitrogens with two attached hydrogens (primary N) is 1. The summed E-state index contributed by atoms with van der Waals surface area (Å²) in [6.07, 6.45) is 11.5. The Morgan fingerprint density at radius 2 is 1.94 bits per heavy atom. The normalized spacial score (nSPS) is 33.7. The molecule has 1 aromatic heterocycles. The zero-order chi connectivity index (χ0) is 12.4. The van der Waals surface area contributed by atoms with Crippen LogP contribution in [0, 0.1) is 0 Å². The molecule has 0 bridgehead atoms. The summed E-state index contributed by atoms with van der Waals surface area (Å²) in [6.45, 7) is 1.24. The van der Waals surface area contributed by atoms with Crippen molar-refractivity contribution in [3.05, 3.63) is 30.1 Å². The molecular formula is C15H23N3. The van der Waals surface area contributed by atoms with Crippen molar-refractivity contribution < 1.29 is 0 Å². The zero-order valence-corrected chi connectivity index (χ0v) is 11.0. The molecular weight excluding hydrogens is 222 g/mol. The van der Waals surface area contributed by atoms with E-state index in [2.05, 4.69) is 22.0 Å². The van der Waals surface area contributed by atoms with Gasteiger partial charge in [0.2, 0.25) is 0 Å². The first-order chi connectivity index (χ1) is 8.84. The number of rotatable bonds is 2. The average molecular weight is 245 g/mol. The highest BCUT2D eigenvalue weighted by Crippen LogP contribution is 2.37. The van der Waals surface area contributed by atoms with Crippen molar-refractivity contribution in [3.63, 3.8) is 0 Å². The van der Waals surface area contributed by atoms with E-state index >= 15 is 0 Å². The van der Waals surface area contributed by atoms with Gasteiger partial charge in [0, 0.05) is 30.5 Å². The van der Waals surface area contributed by atoms with Gasteiger partial charge in [-0.3, -0.25) is 9.88 Å². The van der Waals surface area contributed by atoms with Crippen molar-refractivity contribution in [1.82, 2.24) is 9.88 Å². The molecule has 1 aliphatic heterocycles. The SMILES string of the molecule is NC1CCCC(N2CCCC2c2ccncc2)C1. The molecule has 2 fully saturated rings. The van der Waals surface area contributed by atoms with Crippen LogP contribution in [0.4, 0.5) is 0 Å². The maximum atomic E-state index is 6.14. The van der Waals surface area contributed by atoms with E-state index in [1.54, 1.807) is 0 Å². The van der Waals surface area contributed by atoms with Gasteiger partial charge in [0.15, 0.2) is 0 Å². The molecule has 3 atom stereocenters. The fourth-order valence-electron chi connectivity index (χ4n) is 3.67. The summed E-state index contributed by atoms with van der Waals surface area (Å²) < 4.78 is 0. The Kier molecular flexibility index (Phi) is 3.62. The quantitative estimate of drug-likeness (QED) is 0.870. The third-order valence-corrected chi connectivity index (χ3v) is 4.54. The van der Waals surface area contributed by atoms with E-state index in [9.17, 15) is 0 Å². The lowest BCUT2D eigenvalue weighted by Crippen LogP contribution is -2.42. The Balaban J connectivity index is 1.75. The standard InChI is InChI=1S/C15H23N3/c16-13-3-1-4-14(11-13)18-10-2-5-15(18)12-6-8-17-9-7-12/h6-9,13-15H,1-5,10-11,16H2. The van der Waals surface area contributed by atoms with E-state index in [0.717, 1.165) is 0 Å². The first-order valence-corrected chi connectivity index (χ1v) is 7.26. The second kappa shape index (κ2) is 5.37. The first-order valence-electron chi connectivity index (χ1n) is 7.26. The highest BCUT2D eigenvalue weighted by Gasteiger charge is 2.33. The number of likely N-dealkylation sites (tertiary alicyclic amines) is 1. The van der Waals surface area contributed by atoms with Gasteiger partial charge in [0.05, 0.1) is 0 Å². The molecule has 2 aliphatic rings. The van der Waals surface area contributed by atoms with Crippen molar-refractivity contribution in [2.75, 3.05) is 6.54 Å².